The van der Waals surface area contributed by atoms with E-state index in [2.05, 4.69) is 0 Å². The first-order valence-corrected chi connectivity index (χ1v) is 4.55. The molecule has 0 aromatic heterocycles. The molecule has 2 nitrogen and oxygen atoms in total. The molecule has 5 heteroatoms. The molecule has 3 N–H and O–H groups in total. The van der Waals surface area contributed by atoms with Crippen molar-refractivity contribution in [1.82, 2.24) is 5.43 Å². The van der Waals surface area contributed by atoms with Crippen LogP contribution in [0.4, 0.5) is 13.2 Å². The van der Waals surface area contributed by atoms with Crippen molar-refractivity contribution in [3.8, 4) is 0 Å². The molecule has 0 spiro atoms. The highest BCUT2D eigenvalue weighted by molar-refractivity contribution is 4.71. The summed E-state index contributed by atoms with van der Waals surface area (Å²) in [6, 6.07) is -1.55. The van der Waals surface area contributed by atoms with Crippen LogP contribution in [0.2, 0.25) is 0 Å². The van der Waals surface area contributed by atoms with Crippen LogP contribution in [0.1, 0.15) is 39.0 Å². The Kier molecular flexibility index (Phi) is 6.07. The van der Waals surface area contributed by atoms with Gasteiger partial charge in [0.1, 0.15) is 6.04 Å². The van der Waals surface area contributed by atoms with E-state index >= 15 is 0 Å². The van der Waals surface area contributed by atoms with Gasteiger partial charge < -0.3 is 0 Å². The fraction of sp³-hybridized carbons (Fsp3) is 1.00. The zero-order valence-electron chi connectivity index (χ0n) is 7.82. The lowest BCUT2D eigenvalue weighted by atomic mass is 10.1. The Morgan fingerprint density at radius 2 is 1.85 bits per heavy atom. The molecule has 0 aromatic carbocycles. The van der Waals surface area contributed by atoms with E-state index in [0.717, 1.165) is 19.3 Å². The van der Waals surface area contributed by atoms with Gasteiger partial charge in [-0.3, -0.25) is 5.84 Å². The summed E-state index contributed by atoms with van der Waals surface area (Å²) >= 11 is 0. The Hall–Kier alpha value is -0.290. The first kappa shape index (κ1) is 12.7. The SMILES string of the molecule is CCCCCCC(NN)C(F)(F)F. The van der Waals surface area contributed by atoms with Crippen LogP contribution in [-0.4, -0.2) is 12.2 Å². The minimum atomic E-state index is -4.22. The van der Waals surface area contributed by atoms with E-state index < -0.39 is 12.2 Å². The van der Waals surface area contributed by atoms with E-state index in [1.807, 2.05) is 6.92 Å². The van der Waals surface area contributed by atoms with E-state index in [1.165, 1.54) is 0 Å². The lowest BCUT2D eigenvalue weighted by Crippen LogP contribution is -2.45. The van der Waals surface area contributed by atoms with Crippen LogP contribution in [-0.2, 0) is 0 Å². The summed E-state index contributed by atoms with van der Waals surface area (Å²) in [5.74, 6) is 4.80. The predicted octanol–water partition coefficient (Wildman–Crippen LogP) is 2.35. The number of hydrazine groups is 1. The molecule has 0 fully saturated rings. The molecule has 0 aliphatic rings. The molecule has 0 aromatic rings. The van der Waals surface area contributed by atoms with Gasteiger partial charge in [-0.25, -0.2) is 5.43 Å². The van der Waals surface area contributed by atoms with Gasteiger partial charge in [-0.05, 0) is 6.42 Å². The number of unbranched alkanes of at least 4 members (excludes halogenated alkanes) is 3. The topological polar surface area (TPSA) is 38.0 Å². The summed E-state index contributed by atoms with van der Waals surface area (Å²) in [7, 11) is 0. The van der Waals surface area contributed by atoms with Crippen LogP contribution in [0.15, 0.2) is 0 Å². The van der Waals surface area contributed by atoms with Gasteiger partial charge in [0.2, 0.25) is 0 Å². The number of hydrogen-bond acceptors (Lipinski definition) is 2. The third-order valence-electron chi connectivity index (χ3n) is 1.94. The first-order valence-electron chi connectivity index (χ1n) is 4.55. The lowest BCUT2D eigenvalue weighted by molar-refractivity contribution is -0.157. The quantitative estimate of drug-likeness (QED) is 0.390. The van der Waals surface area contributed by atoms with E-state index in [0.29, 0.717) is 6.42 Å². The van der Waals surface area contributed by atoms with Crippen LogP contribution in [0.3, 0.4) is 0 Å². The molecule has 0 heterocycles. The predicted molar refractivity (Wildman–Crippen MR) is 45.9 cm³/mol. The molecule has 0 aliphatic carbocycles. The van der Waals surface area contributed by atoms with Crippen LogP contribution in [0.5, 0.6) is 0 Å². The third kappa shape index (κ3) is 5.87. The number of alkyl halides is 3. The van der Waals surface area contributed by atoms with Crippen molar-refractivity contribution in [3.05, 3.63) is 0 Å². The molecule has 0 saturated heterocycles. The molecule has 0 saturated carbocycles. The molecule has 0 rings (SSSR count). The number of nitrogens with one attached hydrogen (secondary N) is 1. The zero-order valence-corrected chi connectivity index (χ0v) is 7.82. The minimum Gasteiger partial charge on any atom is -0.271 e. The Bertz CT molecular complexity index is 125. The molecule has 13 heavy (non-hydrogen) atoms. The van der Waals surface area contributed by atoms with Gasteiger partial charge in [0.25, 0.3) is 0 Å². The molecule has 1 unspecified atom stereocenters. The molecule has 1 atom stereocenters. The Morgan fingerprint density at radius 3 is 2.23 bits per heavy atom. The largest absolute Gasteiger partial charge is 0.405 e. The van der Waals surface area contributed by atoms with Gasteiger partial charge in [-0.2, -0.15) is 13.2 Å². The molecular formula is C8H17F3N2. The summed E-state index contributed by atoms with van der Waals surface area (Å²) in [6.07, 6.45) is -0.740. The standard InChI is InChI=1S/C8H17F3N2/c1-2-3-4-5-6-7(13-12)8(9,10)11/h7,13H,2-6,12H2,1H3. The average molecular weight is 198 g/mol. The van der Waals surface area contributed by atoms with Crippen LogP contribution in [0, 0.1) is 0 Å². The van der Waals surface area contributed by atoms with Crippen LogP contribution < -0.4 is 11.3 Å². The molecular weight excluding hydrogens is 181 g/mol. The Labute approximate surface area is 76.7 Å². The Balaban J connectivity index is 3.61. The average Bonchev–Trinajstić information content (AvgIpc) is 2.02. The van der Waals surface area contributed by atoms with Gasteiger partial charge in [0, 0.05) is 0 Å². The van der Waals surface area contributed by atoms with Crippen LogP contribution in [0.25, 0.3) is 0 Å². The van der Waals surface area contributed by atoms with Crippen molar-refractivity contribution in [2.24, 2.45) is 5.84 Å². The fourth-order valence-corrected chi connectivity index (χ4v) is 1.12. The second-order valence-electron chi connectivity index (χ2n) is 3.11. The second kappa shape index (κ2) is 6.21. The molecule has 0 radical (unpaired) electrons. The zero-order chi connectivity index (χ0) is 10.3. The highest BCUT2D eigenvalue weighted by Crippen LogP contribution is 2.23. The number of nitrogens with two attached hydrogens (primary N) is 1. The van der Waals surface area contributed by atoms with E-state index in [9.17, 15) is 13.2 Å². The van der Waals surface area contributed by atoms with Gasteiger partial charge >= 0.3 is 6.18 Å². The summed E-state index contributed by atoms with van der Waals surface area (Å²) in [5, 5.41) is 0. The lowest BCUT2D eigenvalue weighted by Gasteiger charge is -2.18. The van der Waals surface area contributed by atoms with E-state index in [1.54, 1.807) is 5.43 Å². The Morgan fingerprint density at radius 1 is 1.23 bits per heavy atom. The normalized spacial score (nSPS) is 14.5. The van der Waals surface area contributed by atoms with Crippen molar-refractivity contribution in [2.75, 3.05) is 0 Å². The highest BCUT2D eigenvalue weighted by Gasteiger charge is 2.38. The van der Waals surface area contributed by atoms with Gasteiger partial charge in [0.05, 0.1) is 0 Å². The van der Waals surface area contributed by atoms with E-state index in [4.69, 9.17) is 5.84 Å². The number of hydrogen-bond donors (Lipinski definition) is 2. The molecule has 0 amide bonds. The maximum Gasteiger partial charge on any atom is 0.405 e. The maximum atomic E-state index is 12.1. The van der Waals surface area contributed by atoms with Crippen molar-refractivity contribution in [2.45, 2.75) is 51.2 Å². The monoisotopic (exact) mass is 198 g/mol. The second-order valence-corrected chi connectivity index (χ2v) is 3.11. The molecule has 0 bridgehead atoms. The highest BCUT2D eigenvalue weighted by atomic mass is 19.4. The number of rotatable bonds is 6. The van der Waals surface area contributed by atoms with Crippen molar-refractivity contribution < 1.29 is 13.2 Å². The third-order valence-corrected chi connectivity index (χ3v) is 1.94. The molecule has 80 valence electrons. The van der Waals surface area contributed by atoms with E-state index in [-0.39, 0.29) is 6.42 Å². The van der Waals surface area contributed by atoms with Gasteiger partial charge in [-0.15, -0.1) is 0 Å². The summed E-state index contributed by atoms with van der Waals surface area (Å²) in [5.41, 5.74) is 1.79. The van der Waals surface area contributed by atoms with Crippen molar-refractivity contribution in [3.63, 3.8) is 0 Å². The number of halogens is 3. The van der Waals surface area contributed by atoms with Crippen LogP contribution >= 0.6 is 0 Å². The first-order chi connectivity index (χ1) is 6.02. The van der Waals surface area contributed by atoms with Crippen molar-refractivity contribution >= 4 is 0 Å². The van der Waals surface area contributed by atoms with Gasteiger partial charge in [-0.1, -0.05) is 32.6 Å². The van der Waals surface area contributed by atoms with Crippen molar-refractivity contribution in [1.29, 1.82) is 0 Å². The smallest absolute Gasteiger partial charge is 0.271 e. The molecule has 0 aliphatic heterocycles. The minimum absolute atomic E-state index is 0.0694. The summed E-state index contributed by atoms with van der Waals surface area (Å²) in [4.78, 5) is 0. The van der Waals surface area contributed by atoms with Gasteiger partial charge in [0.15, 0.2) is 0 Å². The maximum absolute atomic E-state index is 12.1. The summed E-state index contributed by atoms with van der Waals surface area (Å²) < 4.78 is 36.3. The fourth-order valence-electron chi connectivity index (χ4n) is 1.12. The summed E-state index contributed by atoms with van der Waals surface area (Å²) in [6.45, 7) is 2.02.